The van der Waals surface area contributed by atoms with E-state index in [0.717, 1.165) is 11.6 Å². The van der Waals surface area contributed by atoms with E-state index in [4.69, 9.17) is 0 Å². The van der Waals surface area contributed by atoms with Gasteiger partial charge in [0, 0.05) is 23.0 Å². The Hall–Kier alpha value is -2.54. The lowest BCUT2D eigenvalue weighted by atomic mass is 10.1. The predicted octanol–water partition coefficient (Wildman–Crippen LogP) is 3.49. The van der Waals surface area contributed by atoms with Gasteiger partial charge in [-0.05, 0) is 51.8 Å². The highest BCUT2D eigenvalue weighted by Gasteiger charge is 2.28. The number of rotatable bonds is 4. The molecule has 1 aliphatic heterocycles. The van der Waals surface area contributed by atoms with E-state index >= 15 is 0 Å². The van der Waals surface area contributed by atoms with Crippen molar-refractivity contribution in [2.45, 2.75) is 19.4 Å². The van der Waals surface area contributed by atoms with Crippen LogP contribution in [0.5, 0.6) is 0 Å². The monoisotopic (exact) mass is 404 g/mol. The minimum atomic E-state index is -0.497. The van der Waals surface area contributed by atoms with E-state index in [-0.39, 0.29) is 36.8 Å². The van der Waals surface area contributed by atoms with Gasteiger partial charge in [0.15, 0.2) is 0 Å². The molecule has 1 heterocycles. The molecule has 0 bridgehead atoms. The highest BCUT2D eigenvalue weighted by atomic mass is 79.9. The van der Waals surface area contributed by atoms with Gasteiger partial charge in [-0.15, -0.1) is 0 Å². The van der Waals surface area contributed by atoms with E-state index in [1.165, 1.54) is 17.0 Å². The van der Waals surface area contributed by atoms with Gasteiger partial charge < -0.3 is 5.32 Å². The number of amides is 3. The maximum Gasteiger partial charge on any atom is 0.256 e. The zero-order valence-corrected chi connectivity index (χ0v) is 14.7. The number of imide groups is 1. The summed E-state index contributed by atoms with van der Waals surface area (Å²) in [5.74, 6) is -1.27. The Morgan fingerprint density at radius 1 is 1.08 bits per heavy atom. The molecular weight excluding hydrogens is 391 g/mol. The summed E-state index contributed by atoms with van der Waals surface area (Å²) in [6, 6.07) is 10.7. The largest absolute Gasteiger partial charge is 0.322 e. The highest BCUT2D eigenvalue weighted by molar-refractivity contribution is 9.10. The van der Waals surface area contributed by atoms with Crippen LogP contribution < -0.4 is 5.32 Å². The fraction of sp³-hybridized carbons (Fsp3) is 0.167. The summed E-state index contributed by atoms with van der Waals surface area (Å²) in [4.78, 5) is 36.7. The van der Waals surface area contributed by atoms with Crippen LogP contribution in [-0.4, -0.2) is 22.6 Å². The molecule has 0 radical (unpaired) electrons. The van der Waals surface area contributed by atoms with E-state index < -0.39 is 11.7 Å². The van der Waals surface area contributed by atoms with Crippen LogP contribution in [0.2, 0.25) is 0 Å². The SMILES string of the molecule is O=C(Nc1ccc(CN2C(=O)CCC2=O)cc1)c1cc(F)ccc1Br. The smallest absolute Gasteiger partial charge is 0.256 e. The molecule has 1 saturated heterocycles. The Bertz CT molecular complexity index is 836. The first-order chi connectivity index (χ1) is 11.9. The molecule has 3 rings (SSSR count). The van der Waals surface area contributed by atoms with Gasteiger partial charge in [0.25, 0.3) is 5.91 Å². The molecule has 2 aromatic rings. The first-order valence-corrected chi connectivity index (χ1v) is 8.42. The van der Waals surface area contributed by atoms with Crippen LogP contribution in [0.4, 0.5) is 10.1 Å². The number of nitrogens with zero attached hydrogens (tertiary/aromatic N) is 1. The average molecular weight is 405 g/mol. The normalized spacial score (nSPS) is 14.1. The molecule has 0 unspecified atom stereocenters. The lowest BCUT2D eigenvalue weighted by Gasteiger charge is -2.14. The van der Waals surface area contributed by atoms with Crippen molar-refractivity contribution in [2.75, 3.05) is 5.32 Å². The zero-order chi connectivity index (χ0) is 18.0. The van der Waals surface area contributed by atoms with Crippen molar-refractivity contribution in [3.05, 3.63) is 63.9 Å². The van der Waals surface area contributed by atoms with Crippen molar-refractivity contribution in [1.29, 1.82) is 0 Å². The molecule has 1 N–H and O–H groups in total. The molecule has 1 aliphatic rings. The zero-order valence-electron chi connectivity index (χ0n) is 13.1. The third-order valence-electron chi connectivity index (χ3n) is 3.88. The van der Waals surface area contributed by atoms with Crippen molar-refractivity contribution in [3.8, 4) is 0 Å². The fourth-order valence-electron chi connectivity index (χ4n) is 2.55. The maximum absolute atomic E-state index is 13.3. The Morgan fingerprint density at radius 3 is 2.36 bits per heavy atom. The molecule has 128 valence electrons. The second kappa shape index (κ2) is 7.14. The molecule has 0 spiro atoms. The van der Waals surface area contributed by atoms with Gasteiger partial charge in [0.2, 0.25) is 11.8 Å². The van der Waals surface area contributed by atoms with E-state index in [1.54, 1.807) is 24.3 Å². The van der Waals surface area contributed by atoms with E-state index in [0.29, 0.717) is 10.2 Å². The summed E-state index contributed by atoms with van der Waals surface area (Å²) in [5, 5.41) is 2.68. The van der Waals surface area contributed by atoms with Crippen LogP contribution in [0.1, 0.15) is 28.8 Å². The second-order valence-electron chi connectivity index (χ2n) is 5.65. The number of anilines is 1. The Kier molecular flexibility index (Phi) is 4.94. The van der Waals surface area contributed by atoms with Gasteiger partial charge in [0.1, 0.15) is 5.82 Å². The molecular formula is C18H14BrFN2O3. The van der Waals surface area contributed by atoms with Gasteiger partial charge in [0.05, 0.1) is 12.1 Å². The van der Waals surface area contributed by atoms with Crippen LogP contribution in [0.3, 0.4) is 0 Å². The Morgan fingerprint density at radius 2 is 1.72 bits per heavy atom. The summed E-state index contributed by atoms with van der Waals surface area (Å²) in [6.07, 6.45) is 0.519. The molecule has 25 heavy (non-hydrogen) atoms. The number of likely N-dealkylation sites (tertiary alicyclic amines) is 1. The maximum atomic E-state index is 13.3. The summed E-state index contributed by atoms with van der Waals surface area (Å²) in [5.41, 5.74) is 1.51. The number of hydrogen-bond acceptors (Lipinski definition) is 3. The number of carbonyl (C=O) groups is 3. The first-order valence-electron chi connectivity index (χ1n) is 7.62. The van der Waals surface area contributed by atoms with Crippen LogP contribution >= 0.6 is 15.9 Å². The summed E-state index contributed by atoms with van der Waals surface area (Å²) < 4.78 is 13.8. The molecule has 2 aromatic carbocycles. The number of benzene rings is 2. The van der Waals surface area contributed by atoms with Crippen molar-refractivity contribution in [3.63, 3.8) is 0 Å². The van der Waals surface area contributed by atoms with E-state index in [2.05, 4.69) is 21.2 Å². The fourth-order valence-corrected chi connectivity index (χ4v) is 2.97. The van der Waals surface area contributed by atoms with Gasteiger partial charge >= 0.3 is 0 Å². The summed E-state index contributed by atoms with van der Waals surface area (Å²) in [7, 11) is 0. The quantitative estimate of drug-likeness (QED) is 0.793. The van der Waals surface area contributed by atoms with Crippen LogP contribution in [0, 0.1) is 5.82 Å². The Balaban J connectivity index is 1.68. The van der Waals surface area contributed by atoms with E-state index in [1.807, 2.05) is 0 Å². The van der Waals surface area contributed by atoms with Gasteiger partial charge in [-0.25, -0.2) is 4.39 Å². The standard InChI is InChI=1S/C18H14BrFN2O3/c19-15-6-3-12(20)9-14(15)18(25)21-13-4-1-11(2-5-13)10-22-16(23)7-8-17(22)24/h1-6,9H,7-8,10H2,(H,21,25). The molecule has 1 fully saturated rings. The molecule has 0 atom stereocenters. The lowest BCUT2D eigenvalue weighted by Crippen LogP contribution is -2.28. The van der Waals surface area contributed by atoms with Crippen LogP contribution in [0.15, 0.2) is 46.9 Å². The number of carbonyl (C=O) groups excluding carboxylic acids is 3. The molecule has 0 aromatic heterocycles. The second-order valence-corrected chi connectivity index (χ2v) is 6.50. The molecule has 5 nitrogen and oxygen atoms in total. The highest BCUT2D eigenvalue weighted by Crippen LogP contribution is 2.21. The molecule has 0 aliphatic carbocycles. The summed E-state index contributed by atoms with van der Waals surface area (Å²) in [6.45, 7) is 0.224. The summed E-state index contributed by atoms with van der Waals surface area (Å²) >= 11 is 3.22. The van der Waals surface area contributed by atoms with Crippen molar-refractivity contribution in [1.82, 2.24) is 4.90 Å². The Labute approximate surface area is 151 Å². The minimum absolute atomic E-state index is 0.168. The first kappa shape index (κ1) is 17.3. The van der Waals surface area contributed by atoms with Crippen LogP contribution in [0.25, 0.3) is 0 Å². The van der Waals surface area contributed by atoms with Crippen molar-refractivity contribution in [2.24, 2.45) is 0 Å². The van der Waals surface area contributed by atoms with Gasteiger partial charge in [-0.1, -0.05) is 12.1 Å². The van der Waals surface area contributed by atoms with Crippen molar-refractivity contribution >= 4 is 39.3 Å². The lowest BCUT2D eigenvalue weighted by molar-refractivity contribution is -0.139. The van der Waals surface area contributed by atoms with Gasteiger partial charge in [-0.2, -0.15) is 0 Å². The molecule has 0 saturated carbocycles. The number of nitrogens with one attached hydrogen (secondary N) is 1. The van der Waals surface area contributed by atoms with Gasteiger partial charge in [-0.3, -0.25) is 19.3 Å². The number of hydrogen-bond donors (Lipinski definition) is 1. The van der Waals surface area contributed by atoms with Crippen molar-refractivity contribution < 1.29 is 18.8 Å². The third-order valence-corrected chi connectivity index (χ3v) is 4.57. The average Bonchev–Trinajstić information content (AvgIpc) is 2.90. The third kappa shape index (κ3) is 3.93. The molecule has 3 amide bonds. The molecule has 7 heteroatoms. The topological polar surface area (TPSA) is 66.5 Å². The number of halogens is 2. The minimum Gasteiger partial charge on any atom is -0.322 e. The van der Waals surface area contributed by atoms with E-state index in [9.17, 15) is 18.8 Å². The predicted molar refractivity (Wildman–Crippen MR) is 93.3 cm³/mol. The van der Waals surface area contributed by atoms with Crippen LogP contribution in [-0.2, 0) is 16.1 Å².